The Kier molecular flexibility index (Phi) is 5.78. The zero-order chi connectivity index (χ0) is 20.5. The highest BCUT2D eigenvalue weighted by Crippen LogP contribution is 2.45. The first kappa shape index (κ1) is 20.2. The summed E-state index contributed by atoms with van der Waals surface area (Å²) >= 11 is 3.45. The SMILES string of the molecule is COc1cccc(C2CC(C(=O)O)C3C(NNC3c3ccc(Br)cc3)N2)c1OC. The van der Waals surface area contributed by atoms with Crippen molar-refractivity contribution in [3.05, 3.63) is 58.1 Å². The normalized spacial score (nSPS) is 28.6. The van der Waals surface area contributed by atoms with E-state index in [1.165, 1.54) is 0 Å². The molecule has 7 nitrogen and oxygen atoms in total. The fraction of sp³-hybridized carbons (Fsp3) is 0.381. The maximum Gasteiger partial charge on any atom is 0.307 e. The predicted octanol–water partition coefficient (Wildman–Crippen LogP) is 2.99. The quantitative estimate of drug-likeness (QED) is 0.543. The van der Waals surface area contributed by atoms with E-state index in [4.69, 9.17) is 9.47 Å². The van der Waals surface area contributed by atoms with Crippen LogP contribution in [0.1, 0.15) is 29.6 Å². The smallest absolute Gasteiger partial charge is 0.307 e. The first-order valence-electron chi connectivity index (χ1n) is 9.49. The van der Waals surface area contributed by atoms with Crippen LogP contribution in [0.2, 0.25) is 0 Å². The summed E-state index contributed by atoms with van der Waals surface area (Å²) in [5.74, 6) is -0.197. The van der Waals surface area contributed by atoms with Crippen molar-refractivity contribution >= 4 is 21.9 Å². The standard InChI is InChI=1S/C21H24BrN3O4/c1-28-16-5-3-4-13(19(16)29-2)15-10-14(21(26)27)17-18(24-25-20(17)23-15)11-6-8-12(22)9-7-11/h3-9,14-15,17-18,20,23-25H,10H2,1-2H3,(H,26,27). The molecule has 0 saturated carbocycles. The molecule has 29 heavy (non-hydrogen) atoms. The first-order chi connectivity index (χ1) is 14.0. The summed E-state index contributed by atoms with van der Waals surface area (Å²) in [5, 5.41) is 13.6. The number of fused-ring (bicyclic) bond motifs is 1. The summed E-state index contributed by atoms with van der Waals surface area (Å²) in [5.41, 5.74) is 8.51. The van der Waals surface area contributed by atoms with Crippen molar-refractivity contribution in [2.75, 3.05) is 14.2 Å². The van der Waals surface area contributed by atoms with Gasteiger partial charge in [-0.2, -0.15) is 0 Å². The van der Waals surface area contributed by atoms with Crippen molar-refractivity contribution in [2.45, 2.75) is 24.7 Å². The second-order valence-electron chi connectivity index (χ2n) is 7.36. The van der Waals surface area contributed by atoms with E-state index in [1.54, 1.807) is 14.2 Å². The molecule has 2 heterocycles. The molecule has 0 amide bonds. The lowest BCUT2D eigenvalue weighted by atomic mass is 9.74. The van der Waals surface area contributed by atoms with Gasteiger partial charge in [-0.05, 0) is 30.2 Å². The van der Waals surface area contributed by atoms with Crippen LogP contribution in [-0.4, -0.2) is 31.5 Å². The number of piperidine rings is 1. The Balaban J connectivity index is 1.66. The van der Waals surface area contributed by atoms with Crippen molar-refractivity contribution < 1.29 is 19.4 Å². The first-order valence-corrected chi connectivity index (χ1v) is 10.3. The molecule has 0 aromatic heterocycles. The molecule has 2 aliphatic rings. The molecule has 0 aliphatic carbocycles. The third kappa shape index (κ3) is 3.73. The number of halogens is 1. The molecule has 2 saturated heterocycles. The van der Waals surface area contributed by atoms with Crippen molar-refractivity contribution in [1.29, 1.82) is 0 Å². The molecule has 0 radical (unpaired) electrons. The number of hydrazine groups is 1. The number of hydrogen-bond donors (Lipinski definition) is 4. The summed E-state index contributed by atoms with van der Waals surface area (Å²) in [6, 6.07) is 13.4. The van der Waals surface area contributed by atoms with E-state index in [2.05, 4.69) is 32.1 Å². The Morgan fingerprint density at radius 2 is 1.86 bits per heavy atom. The monoisotopic (exact) mass is 461 g/mol. The van der Waals surface area contributed by atoms with E-state index in [1.807, 2.05) is 42.5 Å². The minimum absolute atomic E-state index is 0.102. The number of rotatable bonds is 5. The summed E-state index contributed by atoms with van der Waals surface area (Å²) in [4.78, 5) is 12.2. The number of carboxylic acid groups (broad SMARTS) is 1. The van der Waals surface area contributed by atoms with Crippen LogP contribution in [-0.2, 0) is 4.79 Å². The number of benzene rings is 2. The largest absolute Gasteiger partial charge is 0.493 e. The molecule has 5 atom stereocenters. The van der Waals surface area contributed by atoms with Crippen LogP contribution in [0.3, 0.4) is 0 Å². The van der Waals surface area contributed by atoms with Crippen molar-refractivity contribution in [3.8, 4) is 11.5 Å². The highest BCUT2D eigenvalue weighted by molar-refractivity contribution is 9.10. The van der Waals surface area contributed by atoms with E-state index < -0.39 is 11.9 Å². The second kappa shape index (κ2) is 8.31. The van der Waals surface area contributed by atoms with Gasteiger partial charge < -0.3 is 14.6 Å². The highest BCUT2D eigenvalue weighted by atomic mass is 79.9. The van der Waals surface area contributed by atoms with E-state index >= 15 is 0 Å². The molecule has 2 aromatic rings. The van der Waals surface area contributed by atoms with Gasteiger partial charge in [0.1, 0.15) is 0 Å². The van der Waals surface area contributed by atoms with E-state index in [0.717, 1.165) is 15.6 Å². The number of carbonyl (C=O) groups is 1. The Hall–Kier alpha value is -2.13. The fourth-order valence-electron chi connectivity index (χ4n) is 4.52. The lowest BCUT2D eigenvalue weighted by molar-refractivity contribution is -0.146. The number of para-hydroxylation sites is 1. The average Bonchev–Trinajstić information content (AvgIpc) is 3.16. The summed E-state index contributed by atoms with van der Waals surface area (Å²) < 4.78 is 12.0. The number of hydrogen-bond acceptors (Lipinski definition) is 6. The summed E-state index contributed by atoms with van der Waals surface area (Å²) in [7, 11) is 3.19. The molecular formula is C21H24BrN3O4. The Morgan fingerprint density at radius 1 is 1.10 bits per heavy atom. The Morgan fingerprint density at radius 3 is 2.52 bits per heavy atom. The maximum atomic E-state index is 12.2. The molecule has 4 rings (SSSR count). The predicted molar refractivity (Wildman–Crippen MR) is 112 cm³/mol. The van der Waals surface area contributed by atoms with Crippen molar-refractivity contribution in [1.82, 2.24) is 16.2 Å². The van der Waals surface area contributed by atoms with Gasteiger partial charge in [-0.15, -0.1) is 0 Å². The number of carboxylic acids is 1. The third-order valence-electron chi connectivity index (χ3n) is 5.85. The van der Waals surface area contributed by atoms with E-state index in [9.17, 15) is 9.90 Å². The molecule has 2 aromatic carbocycles. The number of aliphatic carboxylic acids is 1. The third-order valence-corrected chi connectivity index (χ3v) is 6.38. The van der Waals surface area contributed by atoms with Crippen LogP contribution in [0.15, 0.2) is 46.9 Å². The van der Waals surface area contributed by atoms with Crippen LogP contribution in [0.4, 0.5) is 0 Å². The molecular weight excluding hydrogens is 438 g/mol. The molecule has 0 bridgehead atoms. The van der Waals surface area contributed by atoms with Gasteiger partial charge in [-0.25, -0.2) is 10.9 Å². The van der Waals surface area contributed by atoms with Crippen LogP contribution < -0.4 is 25.6 Å². The molecule has 4 N–H and O–H groups in total. The zero-order valence-electron chi connectivity index (χ0n) is 16.2. The van der Waals surface area contributed by atoms with Gasteiger partial charge in [0.15, 0.2) is 11.5 Å². The number of ether oxygens (including phenoxy) is 2. The maximum absolute atomic E-state index is 12.2. The molecule has 8 heteroatoms. The van der Waals surface area contributed by atoms with Crippen LogP contribution in [0.5, 0.6) is 11.5 Å². The highest BCUT2D eigenvalue weighted by Gasteiger charge is 2.49. The van der Waals surface area contributed by atoms with Crippen molar-refractivity contribution in [2.24, 2.45) is 11.8 Å². The van der Waals surface area contributed by atoms with Crippen LogP contribution in [0.25, 0.3) is 0 Å². The van der Waals surface area contributed by atoms with Crippen LogP contribution >= 0.6 is 15.9 Å². The second-order valence-corrected chi connectivity index (χ2v) is 8.27. The molecule has 0 spiro atoms. The number of methoxy groups -OCH3 is 2. The van der Waals surface area contributed by atoms with Gasteiger partial charge in [0.05, 0.1) is 32.3 Å². The summed E-state index contributed by atoms with van der Waals surface area (Å²) in [6.45, 7) is 0. The van der Waals surface area contributed by atoms with E-state index in [0.29, 0.717) is 17.9 Å². The van der Waals surface area contributed by atoms with Gasteiger partial charge >= 0.3 is 5.97 Å². The minimum atomic E-state index is -0.791. The molecule has 2 fully saturated rings. The van der Waals surface area contributed by atoms with Gasteiger partial charge in [0.2, 0.25) is 0 Å². The van der Waals surface area contributed by atoms with Crippen molar-refractivity contribution in [3.63, 3.8) is 0 Å². The minimum Gasteiger partial charge on any atom is -0.493 e. The van der Waals surface area contributed by atoms with Gasteiger partial charge in [0, 0.05) is 22.0 Å². The Bertz CT molecular complexity index is 892. The Labute approximate surface area is 177 Å². The lowest BCUT2D eigenvalue weighted by Gasteiger charge is -2.39. The van der Waals surface area contributed by atoms with Gasteiger partial charge in [0.25, 0.3) is 0 Å². The zero-order valence-corrected chi connectivity index (χ0v) is 17.8. The topological polar surface area (TPSA) is 91.9 Å². The molecule has 154 valence electrons. The van der Waals surface area contributed by atoms with Gasteiger partial charge in [-0.1, -0.05) is 40.2 Å². The molecule has 2 aliphatic heterocycles. The fourth-order valence-corrected chi connectivity index (χ4v) is 4.79. The van der Waals surface area contributed by atoms with Gasteiger partial charge in [-0.3, -0.25) is 10.1 Å². The molecule has 5 unspecified atom stereocenters. The number of nitrogens with one attached hydrogen (secondary N) is 3. The average molecular weight is 462 g/mol. The van der Waals surface area contributed by atoms with Crippen LogP contribution in [0, 0.1) is 11.8 Å². The lowest BCUT2D eigenvalue weighted by Crippen LogP contribution is -2.53. The van der Waals surface area contributed by atoms with E-state index in [-0.39, 0.29) is 24.2 Å². The summed E-state index contributed by atoms with van der Waals surface area (Å²) in [6.07, 6.45) is 0.260.